The van der Waals surface area contributed by atoms with Crippen LogP contribution in [0.1, 0.15) is 11.1 Å². The molecule has 11 heavy (non-hydrogen) atoms. The maximum atomic E-state index is 9.47. The highest BCUT2D eigenvalue weighted by atomic mass is 16.4. The average molecular weight is 150 g/mol. The summed E-state index contributed by atoms with van der Waals surface area (Å²) in [7, 11) is 0. The number of hydrazine groups is 1. The zero-order valence-corrected chi connectivity index (χ0v) is 6.26. The molecule has 58 valence electrons. The Labute approximate surface area is 65.0 Å². The summed E-state index contributed by atoms with van der Waals surface area (Å²) < 4.78 is 0. The van der Waals surface area contributed by atoms with Gasteiger partial charge in [0, 0.05) is 5.56 Å². The van der Waals surface area contributed by atoms with Gasteiger partial charge < -0.3 is 5.11 Å². The number of aliphatic hydroxyl groups is 1. The largest absolute Gasteiger partial charge is 0.357 e. The average Bonchev–Trinajstić information content (AvgIpc) is 2.70. The number of aryl methyl sites for hydroxylation is 1. The van der Waals surface area contributed by atoms with E-state index < -0.39 is 5.85 Å². The Morgan fingerprint density at radius 3 is 2.18 bits per heavy atom. The molecule has 0 aromatic heterocycles. The molecule has 1 aliphatic rings. The molecular formula is C8H10N2O. The standard InChI is InChI=1S/C8H10N2O/c1-6-2-4-7(5-3-6)8(11)9-10-8/h2-5,9-11H,1H3. The van der Waals surface area contributed by atoms with Crippen molar-refractivity contribution < 1.29 is 5.11 Å². The van der Waals surface area contributed by atoms with Crippen molar-refractivity contribution in [3.8, 4) is 0 Å². The molecule has 0 atom stereocenters. The molecule has 1 aromatic rings. The van der Waals surface area contributed by atoms with Crippen LogP contribution in [0.4, 0.5) is 0 Å². The summed E-state index contributed by atoms with van der Waals surface area (Å²) >= 11 is 0. The Bertz CT molecular complexity index is 264. The van der Waals surface area contributed by atoms with E-state index in [1.807, 2.05) is 31.2 Å². The van der Waals surface area contributed by atoms with Crippen LogP contribution in [0.3, 0.4) is 0 Å². The molecule has 0 saturated carbocycles. The van der Waals surface area contributed by atoms with Gasteiger partial charge in [0.2, 0.25) is 5.85 Å². The van der Waals surface area contributed by atoms with Crippen LogP contribution in [0.25, 0.3) is 0 Å². The van der Waals surface area contributed by atoms with E-state index in [1.165, 1.54) is 5.56 Å². The van der Waals surface area contributed by atoms with Crippen LogP contribution in [-0.4, -0.2) is 5.11 Å². The number of benzene rings is 1. The van der Waals surface area contributed by atoms with E-state index in [0.29, 0.717) is 0 Å². The minimum absolute atomic E-state index is 0.850. The summed E-state index contributed by atoms with van der Waals surface area (Å²) in [5.41, 5.74) is 7.35. The molecule has 1 fully saturated rings. The molecule has 1 heterocycles. The molecule has 0 aliphatic carbocycles. The summed E-state index contributed by atoms with van der Waals surface area (Å²) in [6.45, 7) is 2.02. The summed E-state index contributed by atoms with van der Waals surface area (Å²) in [5, 5.41) is 9.47. The molecule has 1 aliphatic heterocycles. The SMILES string of the molecule is Cc1ccc(C2(O)NN2)cc1. The van der Waals surface area contributed by atoms with Crippen LogP contribution in [0.2, 0.25) is 0 Å². The van der Waals surface area contributed by atoms with Crippen LogP contribution in [0, 0.1) is 6.92 Å². The van der Waals surface area contributed by atoms with Crippen molar-refractivity contribution in [2.45, 2.75) is 12.8 Å². The van der Waals surface area contributed by atoms with Crippen LogP contribution < -0.4 is 10.9 Å². The van der Waals surface area contributed by atoms with Crippen molar-refractivity contribution in [2.75, 3.05) is 0 Å². The fourth-order valence-electron chi connectivity index (χ4n) is 0.998. The van der Waals surface area contributed by atoms with E-state index in [-0.39, 0.29) is 0 Å². The van der Waals surface area contributed by atoms with Gasteiger partial charge in [0.15, 0.2) is 0 Å². The molecule has 1 saturated heterocycles. The van der Waals surface area contributed by atoms with Gasteiger partial charge in [0.05, 0.1) is 0 Å². The highest BCUT2D eigenvalue weighted by Crippen LogP contribution is 2.21. The Kier molecular flexibility index (Phi) is 1.26. The van der Waals surface area contributed by atoms with Crippen LogP contribution in [-0.2, 0) is 5.85 Å². The number of hydrogen-bond donors (Lipinski definition) is 3. The minimum Gasteiger partial charge on any atom is -0.357 e. The molecule has 2 rings (SSSR count). The lowest BCUT2D eigenvalue weighted by Crippen LogP contribution is -2.12. The molecule has 3 N–H and O–H groups in total. The van der Waals surface area contributed by atoms with Gasteiger partial charge in [-0.3, -0.25) is 0 Å². The summed E-state index contributed by atoms with van der Waals surface area (Å²) in [6, 6.07) is 7.72. The summed E-state index contributed by atoms with van der Waals surface area (Å²) in [5.74, 6) is -0.965. The number of hydrogen-bond acceptors (Lipinski definition) is 3. The van der Waals surface area contributed by atoms with E-state index in [9.17, 15) is 5.11 Å². The van der Waals surface area contributed by atoms with Crippen LogP contribution in [0.5, 0.6) is 0 Å². The monoisotopic (exact) mass is 150 g/mol. The lowest BCUT2D eigenvalue weighted by molar-refractivity contribution is 0.133. The number of nitrogens with one attached hydrogen (secondary N) is 2. The summed E-state index contributed by atoms with van der Waals surface area (Å²) in [4.78, 5) is 0. The third kappa shape index (κ3) is 1.14. The van der Waals surface area contributed by atoms with E-state index in [1.54, 1.807) is 0 Å². The second-order valence-electron chi connectivity index (χ2n) is 2.83. The molecule has 1 aromatic carbocycles. The Morgan fingerprint density at radius 1 is 1.18 bits per heavy atom. The number of rotatable bonds is 1. The highest BCUT2D eigenvalue weighted by Gasteiger charge is 2.41. The maximum absolute atomic E-state index is 9.47. The topological polar surface area (TPSA) is 64.1 Å². The van der Waals surface area contributed by atoms with Gasteiger partial charge in [-0.1, -0.05) is 29.8 Å². The highest BCUT2D eigenvalue weighted by molar-refractivity contribution is 5.27. The Morgan fingerprint density at radius 2 is 1.73 bits per heavy atom. The zero-order valence-electron chi connectivity index (χ0n) is 6.26. The zero-order chi connectivity index (χ0) is 7.90. The van der Waals surface area contributed by atoms with E-state index in [4.69, 9.17) is 0 Å². The van der Waals surface area contributed by atoms with E-state index in [0.717, 1.165) is 5.56 Å². The minimum atomic E-state index is -0.965. The van der Waals surface area contributed by atoms with Gasteiger partial charge in [-0.2, -0.15) is 0 Å². The molecule has 0 unspecified atom stereocenters. The fraction of sp³-hybridized carbons (Fsp3) is 0.250. The van der Waals surface area contributed by atoms with E-state index in [2.05, 4.69) is 10.9 Å². The molecule has 3 nitrogen and oxygen atoms in total. The normalized spacial score (nSPS) is 19.8. The molecule has 0 radical (unpaired) electrons. The molecular weight excluding hydrogens is 140 g/mol. The molecule has 3 heteroatoms. The van der Waals surface area contributed by atoms with Gasteiger partial charge in [0.25, 0.3) is 0 Å². The molecule has 0 bridgehead atoms. The van der Waals surface area contributed by atoms with Gasteiger partial charge in [-0.25, -0.2) is 10.9 Å². The van der Waals surface area contributed by atoms with Gasteiger partial charge in [0.1, 0.15) is 0 Å². The van der Waals surface area contributed by atoms with Crippen molar-refractivity contribution >= 4 is 0 Å². The molecule has 0 amide bonds. The van der Waals surface area contributed by atoms with Gasteiger partial charge >= 0.3 is 0 Å². The van der Waals surface area contributed by atoms with Gasteiger partial charge in [-0.05, 0) is 6.92 Å². The third-order valence-corrected chi connectivity index (χ3v) is 1.83. The lowest BCUT2D eigenvalue weighted by Gasteiger charge is -2.03. The maximum Gasteiger partial charge on any atom is 0.225 e. The first kappa shape index (κ1) is 6.79. The second kappa shape index (κ2) is 2.04. The third-order valence-electron chi connectivity index (χ3n) is 1.83. The first-order valence-electron chi connectivity index (χ1n) is 3.54. The van der Waals surface area contributed by atoms with Crippen LogP contribution in [0.15, 0.2) is 24.3 Å². The van der Waals surface area contributed by atoms with Gasteiger partial charge in [-0.15, -0.1) is 0 Å². The fourth-order valence-corrected chi connectivity index (χ4v) is 0.998. The predicted molar refractivity (Wildman–Crippen MR) is 41.3 cm³/mol. The van der Waals surface area contributed by atoms with Crippen molar-refractivity contribution in [1.29, 1.82) is 0 Å². The van der Waals surface area contributed by atoms with E-state index >= 15 is 0 Å². The smallest absolute Gasteiger partial charge is 0.225 e. The van der Waals surface area contributed by atoms with Crippen molar-refractivity contribution in [3.63, 3.8) is 0 Å². The predicted octanol–water partition coefficient (Wildman–Crippen LogP) is 0.205. The summed E-state index contributed by atoms with van der Waals surface area (Å²) in [6.07, 6.45) is 0. The first-order chi connectivity index (χ1) is 5.21. The van der Waals surface area contributed by atoms with Crippen molar-refractivity contribution in [3.05, 3.63) is 35.4 Å². The van der Waals surface area contributed by atoms with Crippen LogP contribution >= 0.6 is 0 Å². The quantitative estimate of drug-likeness (QED) is 0.501. The Hall–Kier alpha value is -0.900. The molecule has 0 spiro atoms. The second-order valence-corrected chi connectivity index (χ2v) is 2.83. The van der Waals surface area contributed by atoms with Crippen molar-refractivity contribution in [2.24, 2.45) is 0 Å². The van der Waals surface area contributed by atoms with Crippen molar-refractivity contribution in [1.82, 2.24) is 10.9 Å². The lowest BCUT2D eigenvalue weighted by atomic mass is 10.1. The Balaban J connectivity index is 2.33. The first-order valence-corrected chi connectivity index (χ1v) is 3.54.